The Morgan fingerprint density at radius 1 is 1.00 bits per heavy atom. The maximum atomic E-state index is 12.4. The molecule has 1 fully saturated rings. The highest BCUT2D eigenvalue weighted by molar-refractivity contribution is 7.14. The number of nitrogens with zero attached hydrogens (tertiary/aromatic N) is 2. The molecule has 1 aliphatic heterocycles. The van der Waals surface area contributed by atoms with Gasteiger partial charge in [-0.2, -0.15) is 0 Å². The zero-order valence-electron chi connectivity index (χ0n) is 16.1. The molecule has 148 valence electrons. The van der Waals surface area contributed by atoms with Gasteiger partial charge in [0.05, 0.1) is 0 Å². The van der Waals surface area contributed by atoms with Crippen LogP contribution in [0.5, 0.6) is 0 Å². The normalized spacial score (nSPS) is 17.2. The monoisotopic (exact) mass is 398 g/mol. The minimum absolute atomic E-state index is 0.103. The molecule has 1 aromatic carbocycles. The number of ether oxygens (including phenoxy) is 1. The largest absolute Gasteiger partial charge is 0.451 e. The second-order valence-electron chi connectivity index (χ2n) is 7.48. The predicted octanol–water partition coefficient (Wildman–Crippen LogP) is 3.13. The molecule has 2 aliphatic rings. The van der Waals surface area contributed by atoms with Gasteiger partial charge in [0.2, 0.25) is 0 Å². The van der Waals surface area contributed by atoms with E-state index in [0.717, 1.165) is 32.5 Å². The van der Waals surface area contributed by atoms with Crippen molar-refractivity contribution >= 4 is 23.2 Å². The molecule has 4 rings (SSSR count). The van der Waals surface area contributed by atoms with Crippen molar-refractivity contribution in [1.82, 2.24) is 9.80 Å². The van der Waals surface area contributed by atoms with Gasteiger partial charge in [0.1, 0.15) is 4.88 Å². The van der Waals surface area contributed by atoms with Gasteiger partial charge < -0.3 is 9.64 Å². The molecule has 1 aromatic heterocycles. The third kappa shape index (κ3) is 4.62. The Morgan fingerprint density at radius 2 is 1.75 bits per heavy atom. The Morgan fingerprint density at radius 3 is 2.50 bits per heavy atom. The Balaban J connectivity index is 1.22. The molecule has 0 bridgehead atoms. The lowest BCUT2D eigenvalue weighted by Crippen LogP contribution is -2.49. The van der Waals surface area contributed by atoms with Crippen molar-refractivity contribution in [3.05, 3.63) is 57.3 Å². The lowest BCUT2D eigenvalue weighted by atomic mass is 9.99. The van der Waals surface area contributed by atoms with Crippen LogP contribution in [0.1, 0.15) is 38.5 Å². The number of fused-ring (bicyclic) bond motifs is 1. The van der Waals surface area contributed by atoms with E-state index < -0.39 is 0 Å². The van der Waals surface area contributed by atoms with E-state index in [9.17, 15) is 9.59 Å². The van der Waals surface area contributed by atoms with Crippen molar-refractivity contribution in [3.8, 4) is 0 Å². The van der Waals surface area contributed by atoms with E-state index in [1.807, 2.05) is 24.3 Å². The maximum absolute atomic E-state index is 12.4. The summed E-state index contributed by atoms with van der Waals surface area (Å²) in [6.45, 7) is 3.77. The van der Waals surface area contributed by atoms with Crippen molar-refractivity contribution in [2.24, 2.45) is 0 Å². The van der Waals surface area contributed by atoms with Crippen molar-refractivity contribution in [2.75, 3.05) is 32.8 Å². The number of rotatable bonds is 5. The first-order valence-corrected chi connectivity index (χ1v) is 10.8. The van der Waals surface area contributed by atoms with Crippen molar-refractivity contribution in [1.29, 1.82) is 0 Å². The average molecular weight is 399 g/mol. The zero-order valence-corrected chi connectivity index (χ0v) is 16.9. The molecule has 1 amide bonds. The molecule has 28 heavy (non-hydrogen) atoms. The van der Waals surface area contributed by atoms with E-state index in [0.29, 0.717) is 18.0 Å². The first-order chi connectivity index (χ1) is 13.7. The fourth-order valence-corrected chi connectivity index (χ4v) is 5.03. The van der Waals surface area contributed by atoms with E-state index in [-0.39, 0.29) is 18.5 Å². The highest BCUT2D eigenvalue weighted by Crippen LogP contribution is 2.30. The first-order valence-electron chi connectivity index (χ1n) is 10.0. The van der Waals surface area contributed by atoms with Gasteiger partial charge in [-0.1, -0.05) is 30.3 Å². The summed E-state index contributed by atoms with van der Waals surface area (Å²) in [5.74, 6) is -0.468. The summed E-state index contributed by atoms with van der Waals surface area (Å²) in [5.41, 5.74) is 2.57. The summed E-state index contributed by atoms with van der Waals surface area (Å²) >= 11 is 1.53. The Kier molecular flexibility index (Phi) is 6.07. The molecule has 5 nitrogen and oxygen atoms in total. The molecular formula is C22H26N2O3S. The first kappa shape index (κ1) is 19.2. The number of aryl methyl sites for hydroxylation is 2. The van der Waals surface area contributed by atoms with Crippen LogP contribution in [0.15, 0.2) is 36.4 Å². The van der Waals surface area contributed by atoms with Crippen LogP contribution >= 0.6 is 11.3 Å². The van der Waals surface area contributed by atoms with Crippen molar-refractivity contribution < 1.29 is 14.3 Å². The van der Waals surface area contributed by atoms with Gasteiger partial charge in [0, 0.05) is 37.6 Å². The molecule has 6 heteroatoms. The fraction of sp³-hybridized carbons (Fsp3) is 0.455. The minimum atomic E-state index is -0.365. The van der Waals surface area contributed by atoms with Crippen LogP contribution < -0.4 is 0 Å². The van der Waals surface area contributed by atoms with Crippen LogP contribution in [0.2, 0.25) is 0 Å². The minimum Gasteiger partial charge on any atom is -0.451 e. The molecule has 0 radical (unpaired) electrons. The van der Waals surface area contributed by atoms with Crippen LogP contribution in [0.25, 0.3) is 0 Å². The van der Waals surface area contributed by atoms with E-state index in [1.165, 1.54) is 40.2 Å². The number of benzene rings is 1. The molecule has 0 atom stereocenters. The smallest absolute Gasteiger partial charge is 0.348 e. The summed E-state index contributed by atoms with van der Waals surface area (Å²) in [4.78, 5) is 30.8. The predicted molar refractivity (Wildman–Crippen MR) is 110 cm³/mol. The molecular weight excluding hydrogens is 372 g/mol. The van der Waals surface area contributed by atoms with Gasteiger partial charge in [-0.3, -0.25) is 9.69 Å². The number of amides is 1. The molecule has 0 N–H and O–H groups in total. The highest BCUT2D eigenvalue weighted by Gasteiger charge is 2.23. The van der Waals surface area contributed by atoms with Gasteiger partial charge in [0.15, 0.2) is 6.61 Å². The third-order valence-electron chi connectivity index (χ3n) is 5.50. The Bertz CT molecular complexity index is 802. The molecule has 1 saturated heterocycles. The maximum Gasteiger partial charge on any atom is 0.348 e. The number of carbonyl (C=O) groups is 2. The van der Waals surface area contributed by atoms with Crippen molar-refractivity contribution in [2.45, 2.75) is 32.2 Å². The fourth-order valence-electron chi connectivity index (χ4n) is 3.88. The summed E-state index contributed by atoms with van der Waals surface area (Å²) < 4.78 is 5.31. The number of piperazine rings is 1. The van der Waals surface area contributed by atoms with Crippen LogP contribution in [0.3, 0.4) is 0 Å². The van der Waals surface area contributed by atoms with E-state index in [2.05, 4.69) is 17.0 Å². The molecule has 0 spiro atoms. The van der Waals surface area contributed by atoms with Crippen LogP contribution in [0.4, 0.5) is 0 Å². The molecule has 0 unspecified atom stereocenters. The number of esters is 1. The van der Waals surface area contributed by atoms with Gasteiger partial charge in [-0.05, 0) is 42.9 Å². The number of carbonyl (C=O) groups excluding carboxylic acids is 2. The summed E-state index contributed by atoms with van der Waals surface area (Å²) in [7, 11) is 0. The summed E-state index contributed by atoms with van der Waals surface area (Å²) in [6.07, 6.45) is 4.48. The molecule has 1 aliphatic carbocycles. The highest BCUT2D eigenvalue weighted by atomic mass is 32.1. The second kappa shape index (κ2) is 8.88. The quantitative estimate of drug-likeness (QED) is 0.726. The van der Waals surface area contributed by atoms with E-state index in [1.54, 1.807) is 4.90 Å². The standard InChI is InChI=1S/C22H26N2O3S/c25-21(16-27-22(26)20-14-18-8-4-5-9-19(18)28-20)24-12-10-23(11-13-24)15-17-6-2-1-3-7-17/h1-3,6-7,14H,4-5,8-13,15-16H2. The molecule has 2 aromatic rings. The summed E-state index contributed by atoms with van der Waals surface area (Å²) in [6, 6.07) is 12.3. The van der Waals surface area contributed by atoms with Crippen LogP contribution in [0, 0.1) is 0 Å². The van der Waals surface area contributed by atoms with Gasteiger partial charge in [-0.25, -0.2) is 4.79 Å². The van der Waals surface area contributed by atoms with E-state index in [4.69, 9.17) is 4.74 Å². The number of hydrogen-bond donors (Lipinski definition) is 0. The van der Waals surface area contributed by atoms with Crippen LogP contribution in [-0.2, 0) is 28.9 Å². The van der Waals surface area contributed by atoms with Gasteiger partial charge in [0.25, 0.3) is 5.91 Å². The number of hydrogen-bond acceptors (Lipinski definition) is 5. The Hall–Kier alpha value is -2.18. The number of thiophene rings is 1. The van der Waals surface area contributed by atoms with Crippen molar-refractivity contribution in [3.63, 3.8) is 0 Å². The lowest BCUT2D eigenvalue weighted by Gasteiger charge is -2.34. The second-order valence-corrected chi connectivity index (χ2v) is 8.62. The van der Waals surface area contributed by atoms with Gasteiger partial charge >= 0.3 is 5.97 Å². The zero-order chi connectivity index (χ0) is 19.3. The molecule has 0 saturated carbocycles. The Labute approximate surface area is 169 Å². The average Bonchev–Trinajstić information content (AvgIpc) is 3.17. The van der Waals surface area contributed by atoms with Crippen LogP contribution in [-0.4, -0.2) is 54.5 Å². The molecule has 2 heterocycles. The van der Waals surface area contributed by atoms with E-state index >= 15 is 0 Å². The third-order valence-corrected chi connectivity index (χ3v) is 6.72. The topological polar surface area (TPSA) is 49.9 Å². The summed E-state index contributed by atoms with van der Waals surface area (Å²) in [5, 5.41) is 0. The lowest BCUT2D eigenvalue weighted by molar-refractivity contribution is -0.136. The SMILES string of the molecule is O=C(OCC(=O)N1CCN(Cc2ccccc2)CC1)c1cc2c(s1)CCCC2. The van der Waals surface area contributed by atoms with Gasteiger partial charge in [-0.15, -0.1) is 11.3 Å².